The van der Waals surface area contributed by atoms with Crippen molar-refractivity contribution in [3.8, 4) is 0 Å². The molecule has 0 saturated carbocycles. The van der Waals surface area contributed by atoms with Gasteiger partial charge < -0.3 is 0 Å². The van der Waals surface area contributed by atoms with E-state index in [0.29, 0.717) is 11.3 Å². The van der Waals surface area contributed by atoms with Gasteiger partial charge in [0.05, 0.1) is 0 Å². The highest BCUT2D eigenvalue weighted by molar-refractivity contribution is 9.10. The zero-order valence-electron chi connectivity index (χ0n) is 9.43. The topological polar surface area (TPSA) is 12.9 Å². The van der Waals surface area contributed by atoms with Crippen LogP contribution in [0.3, 0.4) is 0 Å². The van der Waals surface area contributed by atoms with Crippen LogP contribution in [-0.4, -0.2) is 10.3 Å². The molecule has 0 bridgehead atoms. The number of hydrogen-bond donors (Lipinski definition) is 0. The van der Waals surface area contributed by atoms with Gasteiger partial charge in [0.15, 0.2) is 0 Å². The van der Waals surface area contributed by atoms with Crippen LogP contribution in [0.2, 0.25) is 0 Å². The van der Waals surface area contributed by atoms with Crippen LogP contribution in [-0.2, 0) is 6.42 Å². The van der Waals surface area contributed by atoms with Gasteiger partial charge in [-0.3, -0.25) is 4.98 Å². The summed E-state index contributed by atoms with van der Waals surface area (Å²) in [6.07, 6.45) is 2.89. The van der Waals surface area contributed by atoms with Crippen molar-refractivity contribution in [2.75, 3.05) is 5.33 Å². The number of nitrogens with zero attached hydrogens (tertiary/aromatic N) is 1. The van der Waals surface area contributed by atoms with Crippen molar-refractivity contribution in [1.82, 2.24) is 4.98 Å². The van der Waals surface area contributed by atoms with Crippen LogP contribution in [0, 0.1) is 11.3 Å². The second kappa shape index (κ2) is 5.44. The van der Waals surface area contributed by atoms with E-state index >= 15 is 0 Å². The Labute approximate surface area is 109 Å². The van der Waals surface area contributed by atoms with Gasteiger partial charge in [0.25, 0.3) is 0 Å². The first-order chi connectivity index (χ1) is 6.93. The average molecular weight is 335 g/mol. The average Bonchev–Trinajstić information content (AvgIpc) is 2.15. The minimum absolute atomic E-state index is 0.318. The Morgan fingerprint density at radius 3 is 2.40 bits per heavy atom. The SMILES string of the molecule is CC(C)(C)C(CBr)Cc1ccc(Br)cn1. The Bertz CT molecular complexity index is 300. The van der Waals surface area contributed by atoms with Crippen molar-refractivity contribution in [1.29, 1.82) is 0 Å². The molecule has 1 aromatic rings. The summed E-state index contributed by atoms with van der Waals surface area (Å²) in [5, 5.41) is 1.02. The summed E-state index contributed by atoms with van der Waals surface area (Å²) >= 11 is 6.98. The molecule has 15 heavy (non-hydrogen) atoms. The van der Waals surface area contributed by atoms with Crippen molar-refractivity contribution in [2.24, 2.45) is 11.3 Å². The van der Waals surface area contributed by atoms with E-state index in [9.17, 15) is 0 Å². The fourth-order valence-corrected chi connectivity index (χ4v) is 2.81. The number of hydrogen-bond acceptors (Lipinski definition) is 1. The maximum Gasteiger partial charge on any atom is 0.0413 e. The van der Waals surface area contributed by atoms with Gasteiger partial charge in [-0.05, 0) is 45.8 Å². The predicted molar refractivity (Wildman–Crippen MR) is 72.4 cm³/mol. The van der Waals surface area contributed by atoms with Crippen molar-refractivity contribution in [3.05, 3.63) is 28.5 Å². The first-order valence-corrected chi connectivity index (χ1v) is 7.01. The van der Waals surface area contributed by atoms with E-state index in [-0.39, 0.29) is 0 Å². The second-order valence-electron chi connectivity index (χ2n) is 4.89. The van der Waals surface area contributed by atoms with Crippen molar-refractivity contribution in [2.45, 2.75) is 27.2 Å². The number of rotatable bonds is 3. The molecule has 0 radical (unpaired) electrons. The summed E-state index contributed by atoms with van der Waals surface area (Å²) in [4.78, 5) is 4.41. The smallest absolute Gasteiger partial charge is 0.0413 e. The van der Waals surface area contributed by atoms with Crippen LogP contribution in [0.4, 0.5) is 0 Å². The fraction of sp³-hybridized carbons (Fsp3) is 0.583. The molecule has 0 aliphatic carbocycles. The number of aromatic nitrogens is 1. The van der Waals surface area contributed by atoms with E-state index in [1.807, 2.05) is 6.20 Å². The van der Waals surface area contributed by atoms with Gasteiger partial charge in [0.1, 0.15) is 0 Å². The molecule has 0 aromatic carbocycles. The molecule has 1 rings (SSSR count). The first-order valence-electron chi connectivity index (χ1n) is 5.10. The van der Waals surface area contributed by atoms with Crippen LogP contribution in [0.1, 0.15) is 26.5 Å². The van der Waals surface area contributed by atoms with Crippen LogP contribution >= 0.6 is 31.9 Å². The third-order valence-corrected chi connectivity index (χ3v) is 3.91. The van der Waals surface area contributed by atoms with Crippen LogP contribution < -0.4 is 0 Å². The summed E-state index contributed by atoms with van der Waals surface area (Å²) in [5.41, 5.74) is 1.48. The summed E-state index contributed by atoms with van der Waals surface area (Å²) < 4.78 is 1.04. The summed E-state index contributed by atoms with van der Waals surface area (Å²) in [7, 11) is 0. The highest BCUT2D eigenvalue weighted by Gasteiger charge is 2.23. The maximum absolute atomic E-state index is 4.41. The molecule has 0 aliphatic heterocycles. The molecule has 1 atom stereocenters. The molecule has 1 heterocycles. The molecule has 0 fully saturated rings. The zero-order chi connectivity index (χ0) is 11.5. The lowest BCUT2D eigenvalue weighted by atomic mass is 9.79. The molecule has 1 unspecified atom stereocenters. The van der Waals surface area contributed by atoms with E-state index in [1.54, 1.807) is 0 Å². The van der Waals surface area contributed by atoms with E-state index in [1.165, 1.54) is 0 Å². The summed E-state index contributed by atoms with van der Waals surface area (Å²) in [6.45, 7) is 6.83. The Kier molecular flexibility index (Phi) is 4.78. The third-order valence-electron chi connectivity index (χ3n) is 2.66. The van der Waals surface area contributed by atoms with Crippen molar-refractivity contribution >= 4 is 31.9 Å². The lowest BCUT2D eigenvalue weighted by molar-refractivity contribution is 0.265. The minimum atomic E-state index is 0.318. The normalized spacial score (nSPS) is 13.9. The summed E-state index contributed by atoms with van der Waals surface area (Å²) in [5.74, 6) is 0.617. The Morgan fingerprint density at radius 2 is 2.00 bits per heavy atom. The van der Waals surface area contributed by atoms with Crippen molar-refractivity contribution in [3.63, 3.8) is 0 Å². The van der Waals surface area contributed by atoms with Gasteiger partial charge in [-0.2, -0.15) is 0 Å². The van der Waals surface area contributed by atoms with Crippen LogP contribution in [0.5, 0.6) is 0 Å². The number of pyridine rings is 1. The quantitative estimate of drug-likeness (QED) is 0.744. The third kappa shape index (κ3) is 4.23. The zero-order valence-corrected chi connectivity index (χ0v) is 12.6. The Morgan fingerprint density at radius 1 is 1.33 bits per heavy atom. The van der Waals surface area contributed by atoms with Gasteiger partial charge in [-0.15, -0.1) is 0 Å². The highest BCUT2D eigenvalue weighted by Crippen LogP contribution is 2.30. The summed E-state index contributed by atoms with van der Waals surface area (Å²) in [6, 6.07) is 4.14. The molecular weight excluding hydrogens is 318 g/mol. The predicted octanol–water partition coefficient (Wildman–Crippen LogP) is 4.44. The molecule has 0 N–H and O–H groups in total. The molecular formula is C12H17Br2N. The molecule has 0 aliphatic rings. The van der Waals surface area contributed by atoms with Crippen molar-refractivity contribution < 1.29 is 0 Å². The van der Waals surface area contributed by atoms with Gasteiger partial charge in [0, 0.05) is 21.7 Å². The van der Waals surface area contributed by atoms with Gasteiger partial charge >= 0.3 is 0 Å². The molecule has 84 valence electrons. The van der Waals surface area contributed by atoms with Gasteiger partial charge in [-0.1, -0.05) is 36.7 Å². The molecule has 1 aromatic heterocycles. The van der Waals surface area contributed by atoms with E-state index in [0.717, 1.165) is 21.9 Å². The molecule has 1 nitrogen and oxygen atoms in total. The first kappa shape index (κ1) is 13.2. The van der Waals surface area contributed by atoms with Gasteiger partial charge in [-0.25, -0.2) is 0 Å². The molecule has 0 saturated heterocycles. The van der Waals surface area contributed by atoms with Crippen LogP contribution in [0.25, 0.3) is 0 Å². The van der Waals surface area contributed by atoms with E-state index in [4.69, 9.17) is 0 Å². The van der Waals surface area contributed by atoms with Gasteiger partial charge in [0.2, 0.25) is 0 Å². The number of alkyl halides is 1. The lowest BCUT2D eigenvalue weighted by Crippen LogP contribution is -2.24. The molecule has 3 heteroatoms. The number of halogens is 2. The lowest BCUT2D eigenvalue weighted by Gasteiger charge is -2.28. The Hall–Kier alpha value is 0.110. The highest BCUT2D eigenvalue weighted by atomic mass is 79.9. The van der Waals surface area contributed by atoms with Crippen LogP contribution in [0.15, 0.2) is 22.8 Å². The van der Waals surface area contributed by atoms with E-state index in [2.05, 4.69) is 69.7 Å². The minimum Gasteiger partial charge on any atom is -0.260 e. The molecule has 0 amide bonds. The standard InChI is InChI=1S/C12H17Br2N/c1-12(2,3)9(7-13)6-11-5-4-10(14)8-15-11/h4-5,8-9H,6-7H2,1-3H3. The monoisotopic (exact) mass is 333 g/mol. The fourth-order valence-electron chi connectivity index (χ4n) is 1.37. The largest absolute Gasteiger partial charge is 0.260 e. The second-order valence-corrected chi connectivity index (χ2v) is 6.45. The Balaban J connectivity index is 2.71. The maximum atomic E-state index is 4.41. The molecule has 0 spiro atoms. The van der Waals surface area contributed by atoms with E-state index < -0.39 is 0 Å².